The lowest BCUT2D eigenvalue weighted by Gasteiger charge is -2.15. The summed E-state index contributed by atoms with van der Waals surface area (Å²) in [7, 11) is 1.68. The zero-order chi connectivity index (χ0) is 25.7. The summed E-state index contributed by atoms with van der Waals surface area (Å²) in [5.41, 5.74) is 0.219. The number of hydrogen-bond donors (Lipinski definition) is 2. The molecule has 0 radical (unpaired) electrons. The first-order valence-corrected chi connectivity index (χ1v) is 11.4. The van der Waals surface area contributed by atoms with E-state index in [0.29, 0.717) is 29.8 Å². The summed E-state index contributed by atoms with van der Waals surface area (Å²) in [6.07, 6.45) is 7.08. The van der Waals surface area contributed by atoms with Gasteiger partial charge in [-0.2, -0.15) is 5.10 Å². The van der Waals surface area contributed by atoms with Crippen molar-refractivity contribution in [3.05, 3.63) is 72.2 Å². The molecule has 1 saturated carbocycles. The molecule has 0 unspecified atom stereocenters. The maximum Gasteiger partial charge on any atom is 0.314 e. The Morgan fingerprint density at radius 2 is 1.83 bits per heavy atom. The number of halogens is 2. The van der Waals surface area contributed by atoms with Gasteiger partial charge in [-0.25, -0.2) is 13.8 Å². The molecule has 1 fully saturated rings. The van der Waals surface area contributed by atoms with Crippen molar-refractivity contribution < 1.29 is 18.7 Å². The Morgan fingerprint density at radius 1 is 1.11 bits per heavy atom. The smallest absolute Gasteiger partial charge is 0.314 e. The Bertz CT molecular complexity index is 1460. The number of alkyl halides is 1. The topological polar surface area (TPSA) is 106 Å². The number of pyridine rings is 1. The summed E-state index contributed by atoms with van der Waals surface area (Å²) in [4.78, 5) is 24.2. The lowest BCUT2D eigenvalue weighted by Crippen LogP contribution is -2.19. The summed E-state index contributed by atoms with van der Waals surface area (Å²) in [5, 5.41) is 16.7. The third kappa shape index (κ3) is 4.19. The SMILES string of the molecule is Cn1ncc(-c2ncc(-c3ccc(C4(C(=O)O)CC4)cc3)cc2F)c1Nc1cncc(C(C)(C)F)n1. The number of rotatable bonds is 7. The van der Waals surface area contributed by atoms with Gasteiger partial charge in [-0.15, -0.1) is 0 Å². The van der Waals surface area contributed by atoms with Crippen LogP contribution >= 0.6 is 0 Å². The summed E-state index contributed by atoms with van der Waals surface area (Å²) in [6.45, 7) is 2.78. The second kappa shape index (κ2) is 8.47. The van der Waals surface area contributed by atoms with Gasteiger partial charge in [-0.05, 0) is 43.9 Å². The summed E-state index contributed by atoms with van der Waals surface area (Å²) in [5.74, 6) is -0.666. The fourth-order valence-electron chi connectivity index (χ4n) is 4.12. The first-order valence-electron chi connectivity index (χ1n) is 11.4. The minimum Gasteiger partial charge on any atom is -0.481 e. The van der Waals surface area contributed by atoms with Crippen molar-refractivity contribution in [1.29, 1.82) is 0 Å². The van der Waals surface area contributed by atoms with Crippen molar-refractivity contribution in [2.45, 2.75) is 37.8 Å². The normalized spacial score (nSPS) is 14.5. The van der Waals surface area contributed by atoms with Gasteiger partial charge in [0.15, 0.2) is 5.82 Å². The number of nitrogens with zero attached hydrogens (tertiary/aromatic N) is 5. The molecule has 5 rings (SSSR count). The highest BCUT2D eigenvalue weighted by molar-refractivity contribution is 5.85. The second-order valence-corrected chi connectivity index (χ2v) is 9.44. The molecule has 1 aromatic carbocycles. The van der Waals surface area contributed by atoms with E-state index in [1.807, 2.05) is 0 Å². The lowest BCUT2D eigenvalue weighted by atomic mass is 9.94. The Hall–Kier alpha value is -4.21. The van der Waals surface area contributed by atoms with Gasteiger partial charge in [0.2, 0.25) is 0 Å². The molecule has 3 aromatic heterocycles. The average molecular weight is 491 g/mol. The molecule has 4 aromatic rings. The van der Waals surface area contributed by atoms with E-state index in [9.17, 15) is 14.3 Å². The van der Waals surface area contributed by atoms with E-state index in [2.05, 4.69) is 25.4 Å². The number of carboxylic acids is 1. The highest BCUT2D eigenvalue weighted by Gasteiger charge is 2.51. The average Bonchev–Trinajstić information content (AvgIpc) is 3.59. The van der Waals surface area contributed by atoms with Crippen molar-refractivity contribution in [3.8, 4) is 22.4 Å². The van der Waals surface area contributed by atoms with Crippen molar-refractivity contribution in [2.75, 3.05) is 5.32 Å². The molecule has 0 amide bonds. The van der Waals surface area contributed by atoms with Crippen LogP contribution in [0.25, 0.3) is 22.4 Å². The number of hydrogen-bond acceptors (Lipinski definition) is 6. The monoisotopic (exact) mass is 490 g/mol. The van der Waals surface area contributed by atoms with E-state index < -0.39 is 22.9 Å². The van der Waals surface area contributed by atoms with Crippen LogP contribution < -0.4 is 5.32 Å². The third-order valence-electron chi connectivity index (χ3n) is 6.46. The molecule has 0 bridgehead atoms. The maximum atomic E-state index is 15.3. The number of aromatic nitrogens is 5. The third-order valence-corrected chi connectivity index (χ3v) is 6.46. The first kappa shape index (κ1) is 23.5. The molecule has 1 aliphatic rings. The summed E-state index contributed by atoms with van der Waals surface area (Å²) in [6, 6.07) is 8.50. The molecule has 0 aliphatic heterocycles. The standard InChI is InChI=1S/C26H24F2N6O2/c1-25(2,28)20-13-29-14-21(32-20)33-23-18(12-31-34(23)3)22-19(27)10-16(11-30-22)15-4-6-17(7-5-15)26(8-9-26)24(35)36/h4-7,10-14H,8-9H2,1-3H3,(H,32,33)(H,35,36). The highest BCUT2D eigenvalue weighted by Crippen LogP contribution is 2.48. The van der Waals surface area contributed by atoms with Crippen LogP contribution in [0.5, 0.6) is 0 Å². The lowest BCUT2D eigenvalue weighted by molar-refractivity contribution is -0.140. The molecule has 1 aliphatic carbocycles. The van der Waals surface area contributed by atoms with Crippen molar-refractivity contribution >= 4 is 17.6 Å². The summed E-state index contributed by atoms with van der Waals surface area (Å²) < 4.78 is 31.1. The molecular formula is C26H24F2N6O2. The fourth-order valence-corrected chi connectivity index (χ4v) is 4.12. The van der Waals surface area contributed by atoms with E-state index in [1.54, 1.807) is 37.5 Å². The van der Waals surface area contributed by atoms with Gasteiger partial charge in [0.05, 0.1) is 35.3 Å². The number of nitrogens with one attached hydrogen (secondary N) is 1. The molecule has 3 heterocycles. The molecule has 2 N–H and O–H groups in total. The van der Waals surface area contributed by atoms with Crippen LogP contribution in [-0.4, -0.2) is 35.8 Å². The Morgan fingerprint density at radius 3 is 2.44 bits per heavy atom. The zero-order valence-corrected chi connectivity index (χ0v) is 20.0. The van der Waals surface area contributed by atoms with E-state index in [1.165, 1.54) is 43.2 Å². The Balaban J connectivity index is 1.43. The van der Waals surface area contributed by atoms with Gasteiger partial charge in [-0.3, -0.25) is 19.4 Å². The number of aryl methyl sites for hydroxylation is 1. The van der Waals surface area contributed by atoms with E-state index in [-0.39, 0.29) is 17.2 Å². The quantitative estimate of drug-likeness (QED) is 0.369. The van der Waals surface area contributed by atoms with E-state index >= 15 is 4.39 Å². The van der Waals surface area contributed by atoms with Crippen LogP contribution in [0.2, 0.25) is 0 Å². The second-order valence-electron chi connectivity index (χ2n) is 9.44. The van der Waals surface area contributed by atoms with Crippen molar-refractivity contribution in [2.24, 2.45) is 7.05 Å². The number of carboxylic acid groups (broad SMARTS) is 1. The molecular weight excluding hydrogens is 466 g/mol. The van der Waals surface area contributed by atoms with Gasteiger partial charge in [-0.1, -0.05) is 24.3 Å². The van der Waals surface area contributed by atoms with E-state index in [4.69, 9.17) is 0 Å². The van der Waals surface area contributed by atoms with Crippen LogP contribution in [0.15, 0.2) is 55.1 Å². The predicted octanol–water partition coefficient (Wildman–Crippen LogP) is 5.14. The van der Waals surface area contributed by atoms with Gasteiger partial charge in [0.1, 0.15) is 23.0 Å². The molecule has 36 heavy (non-hydrogen) atoms. The minimum absolute atomic E-state index is 0.0868. The molecule has 0 atom stereocenters. The number of benzene rings is 1. The Labute approximate surface area is 206 Å². The molecule has 184 valence electrons. The fraction of sp³-hybridized carbons (Fsp3) is 0.269. The van der Waals surface area contributed by atoms with Crippen molar-refractivity contribution in [3.63, 3.8) is 0 Å². The van der Waals surface area contributed by atoms with Crippen LogP contribution in [0.4, 0.5) is 20.4 Å². The molecule has 10 heteroatoms. The number of anilines is 2. The molecule has 8 nitrogen and oxygen atoms in total. The minimum atomic E-state index is -1.67. The maximum absolute atomic E-state index is 15.3. The van der Waals surface area contributed by atoms with Crippen molar-refractivity contribution in [1.82, 2.24) is 24.7 Å². The van der Waals surface area contributed by atoms with Crippen LogP contribution in [0.1, 0.15) is 37.9 Å². The molecule has 0 saturated heterocycles. The van der Waals surface area contributed by atoms with Crippen LogP contribution in [-0.2, 0) is 22.9 Å². The number of carbonyl (C=O) groups is 1. The predicted molar refractivity (Wildman–Crippen MR) is 130 cm³/mol. The van der Waals surface area contributed by atoms with Gasteiger partial charge < -0.3 is 10.4 Å². The zero-order valence-electron chi connectivity index (χ0n) is 20.0. The van der Waals surface area contributed by atoms with Gasteiger partial charge in [0, 0.05) is 18.8 Å². The van der Waals surface area contributed by atoms with Gasteiger partial charge >= 0.3 is 5.97 Å². The van der Waals surface area contributed by atoms with E-state index in [0.717, 1.165) is 11.1 Å². The largest absolute Gasteiger partial charge is 0.481 e. The van der Waals surface area contributed by atoms with Crippen LogP contribution in [0, 0.1) is 5.82 Å². The van der Waals surface area contributed by atoms with Gasteiger partial charge in [0.25, 0.3) is 0 Å². The number of aliphatic carboxylic acids is 1. The highest BCUT2D eigenvalue weighted by atomic mass is 19.1. The van der Waals surface area contributed by atoms with Crippen LogP contribution in [0.3, 0.4) is 0 Å². The summed E-state index contributed by atoms with van der Waals surface area (Å²) >= 11 is 0. The Kier molecular flexibility index (Phi) is 5.54. The molecule has 0 spiro atoms. The first-order chi connectivity index (χ1) is 17.1.